The van der Waals surface area contributed by atoms with Crippen molar-refractivity contribution in [3.8, 4) is 0 Å². The van der Waals surface area contributed by atoms with Gasteiger partial charge in [0.1, 0.15) is 0 Å². The van der Waals surface area contributed by atoms with Gasteiger partial charge in [-0.2, -0.15) is 0 Å². The monoisotopic (exact) mass is 183 g/mol. The van der Waals surface area contributed by atoms with Crippen LogP contribution in [0.3, 0.4) is 0 Å². The number of carboxylic acids is 1. The third-order valence-electron chi connectivity index (χ3n) is 2.46. The predicted molar refractivity (Wildman–Crippen MR) is 51.6 cm³/mol. The molecule has 0 aromatic carbocycles. The van der Waals surface area contributed by atoms with Crippen molar-refractivity contribution in [3.63, 3.8) is 0 Å². The summed E-state index contributed by atoms with van der Waals surface area (Å²) in [6, 6.07) is 0.902. The van der Waals surface area contributed by atoms with Crippen LogP contribution in [0.5, 0.6) is 0 Å². The Balaban J connectivity index is 2.37. The van der Waals surface area contributed by atoms with E-state index in [0.29, 0.717) is 18.6 Å². The Morgan fingerprint density at radius 2 is 2.38 bits per heavy atom. The van der Waals surface area contributed by atoms with Crippen molar-refractivity contribution in [3.05, 3.63) is 12.7 Å². The lowest BCUT2D eigenvalue weighted by Crippen LogP contribution is -2.35. The van der Waals surface area contributed by atoms with Crippen molar-refractivity contribution in [2.75, 3.05) is 6.54 Å². The van der Waals surface area contributed by atoms with Crippen LogP contribution in [0.25, 0.3) is 0 Å². The van der Waals surface area contributed by atoms with E-state index in [9.17, 15) is 4.79 Å². The molecule has 0 aromatic heterocycles. The van der Waals surface area contributed by atoms with E-state index < -0.39 is 5.97 Å². The molecule has 13 heavy (non-hydrogen) atoms. The van der Waals surface area contributed by atoms with Crippen molar-refractivity contribution in [2.24, 2.45) is 0 Å². The smallest absolute Gasteiger partial charge is 0.304 e. The average molecular weight is 183 g/mol. The number of hydrogen-bond donors (Lipinski definition) is 1. The van der Waals surface area contributed by atoms with E-state index in [2.05, 4.69) is 18.4 Å². The molecule has 0 amide bonds. The van der Waals surface area contributed by atoms with Crippen LogP contribution in [0.4, 0.5) is 0 Å². The normalized spacial score (nSPS) is 18.6. The second-order valence-electron chi connectivity index (χ2n) is 3.59. The molecule has 1 rings (SSSR count). The van der Waals surface area contributed by atoms with Crippen LogP contribution in [-0.2, 0) is 4.79 Å². The van der Waals surface area contributed by atoms with Gasteiger partial charge in [0.25, 0.3) is 0 Å². The van der Waals surface area contributed by atoms with Gasteiger partial charge in [-0.1, -0.05) is 6.08 Å². The highest BCUT2D eigenvalue weighted by Crippen LogP contribution is 2.28. The van der Waals surface area contributed by atoms with Crippen molar-refractivity contribution in [1.29, 1.82) is 0 Å². The minimum absolute atomic E-state index is 0.231. The predicted octanol–water partition coefficient (Wildman–Crippen LogP) is 1.50. The SMILES string of the molecule is C=CC(C)N(CCC(=O)O)C1CC1. The second kappa shape index (κ2) is 4.42. The van der Waals surface area contributed by atoms with Gasteiger partial charge < -0.3 is 5.11 Å². The van der Waals surface area contributed by atoms with E-state index in [-0.39, 0.29) is 6.42 Å². The molecule has 0 heterocycles. The quantitative estimate of drug-likeness (QED) is 0.634. The Labute approximate surface area is 79.0 Å². The van der Waals surface area contributed by atoms with Crippen molar-refractivity contribution in [2.45, 2.75) is 38.3 Å². The van der Waals surface area contributed by atoms with Crippen LogP contribution in [0.1, 0.15) is 26.2 Å². The van der Waals surface area contributed by atoms with Gasteiger partial charge in [-0.3, -0.25) is 9.69 Å². The van der Waals surface area contributed by atoms with Crippen molar-refractivity contribution in [1.82, 2.24) is 4.90 Å². The Bertz CT molecular complexity index is 199. The van der Waals surface area contributed by atoms with Gasteiger partial charge in [-0.25, -0.2) is 0 Å². The molecule has 1 fully saturated rings. The number of rotatable bonds is 6. The fourth-order valence-electron chi connectivity index (χ4n) is 1.49. The zero-order valence-corrected chi connectivity index (χ0v) is 8.07. The van der Waals surface area contributed by atoms with E-state index in [4.69, 9.17) is 5.11 Å². The van der Waals surface area contributed by atoms with E-state index in [1.165, 1.54) is 12.8 Å². The van der Waals surface area contributed by atoms with Gasteiger partial charge in [0.05, 0.1) is 6.42 Å². The van der Waals surface area contributed by atoms with Crippen LogP contribution in [-0.4, -0.2) is 34.6 Å². The van der Waals surface area contributed by atoms with Crippen LogP contribution in [0, 0.1) is 0 Å². The van der Waals surface area contributed by atoms with E-state index in [1.807, 2.05) is 6.08 Å². The number of carbonyl (C=O) groups is 1. The summed E-state index contributed by atoms with van der Waals surface area (Å²) in [5.74, 6) is -0.720. The first-order valence-corrected chi connectivity index (χ1v) is 4.75. The molecule has 1 unspecified atom stereocenters. The highest BCUT2D eigenvalue weighted by atomic mass is 16.4. The second-order valence-corrected chi connectivity index (χ2v) is 3.59. The molecule has 0 aromatic rings. The molecule has 1 aliphatic rings. The van der Waals surface area contributed by atoms with Gasteiger partial charge in [0, 0.05) is 18.6 Å². The van der Waals surface area contributed by atoms with Gasteiger partial charge in [0.15, 0.2) is 0 Å². The maximum absolute atomic E-state index is 10.4. The molecule has 3 heteroatoms. The maximum atomic E-state index is 10.4. The maximum Gasteiger partial charge on any atom is 0.304 e. The highest BCUT2D eigenvalue weighted by molar-refractivity contribution is 5.66. The van der Waals surface area contributed by atoms with Crippen LogP contribution in [0.2, 0.25) is 0 Å². The summed E-state index contributed by atoms with van der Waals surface area (Å²) in [7, 11) is 0. The lowest BCUT2D eigenvalue weighted by atomic mass is 10.2. The van der Waals surface area contributed by atoms with Gasteiger partial charge in [-0.15, -0.1) is 6.58 Å². The molecule has 0 radical (unpaired) electrons. The van der Waals surface area contributed by atoms with Crippen LogP contribution in [0.15, 0.2) is 12.7 Å². The largest absolute Gasteiger partial charge is 0.481 e. The first kappa shape index (κ1) is 10.3. The summed E-state index contributed by atoms with van der Waals surface area (Å²) in [5.41, 5.74) is 0. The van der Waals surface area contributed by atoms with E-state index >= 15 is 0 Å². The molecule has 0 bridgehead atoms. The third-order valence-corrected chi connectivity index (χ3v) is 2.46. The molecular formula is C10H17NO2. The summed E-state index contributed by atoms with van der Waals surface area (Å²) >= 11 is 0. The zero-order chi connectivity index (χ0) is 9.84. The van der Waals surface area contributed by atoms with Gasteiger partial charge >= 0.3 is 5.97 Å². The summed E-state index contributed by atoms with van der Waals surface area (Å²) in [4.78, 5) is 12.6. The summed E-state index contributed by atoms with van der Waals surface area (Å²) in [6.45, 7) is 6.44. The van der Waals surface area contributed by atoms with Crippen molar-refractivity contribution >= 4 is 5.97 Å². The number of carboxylic acid groups (broad SMARTS) is 1. The Kier molecular flexibility index (Phi) is 3.48. The van der Waals surface area contributed by atoms with Crippen LogP contribution < -0.4 is 0 Å². The first-order valence-electron chi connectivity index (χ1n) is 4.75. The fraction of sp³-hybridized carbons (Fsp3) is 0.700. The van der Waals surface area contributed by atoms with E-state index in [1.54, 1.807) is 0 Å². The summed E-state index contributed by atoms with van der Waals surface area (Å²) < 4.78 is 0. The zero-order valence-electron chi connectivity index (χ0n) is 8.07. The molecule has 1 aliphatic carbocycles. The topological polar surface area (TPSA) is 40.5 Å². The molecule has 1 saturated carbocycles. The first-order chi connectivity index (χ1) is 6.15. The minimum atomic E-state index is -0.720. The highest BCUT2D eigenvalue weighted by Gasteiger charge is 2.30. The minimum Gasteiger partial charge on any atom is -0.481 e. The molecule has 1 N–H and O–H groups in total. The molecular weight excluding hydrogens is 166 g/mol. The third kappa shape index (κ3) is 3.19. The number of aliphatic carboxylic acids is 1. The Morgan fingerprint density at radius 3 is 2.77 bits per heavy atom. The number of hydrogen-bond acceptors (Lipinski definition) is 2. The number of nitrogens with zero attached hydrogens (tertiary/aromatic N) is 1. The van der Waals surface area contributed by atoms with Gasteiger partial charge in [0.2, 0.25) is 0 Å². The molecule has 3 nitrogen and oxygen atoms in total. The Morgan fingerprint density at radius 1 is 1.77 bits per heavy atom. The molecule has 1 atom stereocenters. The van der Waals surface area contributed by atoms with Crippen LogP contribution >= 0.6 is 0 Å². The molecule has 0 aliphatic heterocycles. The molecule has 0 spiro atoms. The van der Waals surface area contributed by atoms with Gasteiger partial charge in [-0.05, 0) is 19.8 Å². The summed E-state index contributed by atoms with van der Waals surface area (Å²) in [6.07, 6.45) is 4.52. The molecule has 74 valence electrons. The Hall–Kier alpha value is -0.830. The van der Waals surface area contributed by atoms with Crippen molar-refractivity contribution < 1.29 is 9.90 Å². The standard InChI is InChI=1S/C10H17NO2/c1-3-8(2)11(9-4-5-9)7-6-10(12)13/h3,8-9H,1,4-7H2,2H3,(H,12,13). The lowest BCUT2D eigenvalue weighted by molar-refractivity contribution is -0.137. The fourth-order valence-corrected chi connectivity index (χ4v) is 1.49. The summed E-state index contributed by atoms with van der Waals surface area (Å²) in [5, 5.41) is 8.57. The van der Waals surface area contributed by atoms with E-state index in [0.717, 1.165) is 0 Å². The average Bonchev–Trinajstić information content (AvgIpc) is 2.87. The molecule has 0 saturated heterocycles. The lowest BCUT2D eigenvalue weighted by Gasteiger charge is -2.25.